The number of carbonyl (C=O) groups is 1. The summed E-state index contributed by atoms with van der Waals surface area (Å²) in [5, 5.41) is 6.27. The van der Waals surface area contributed by atoms with Gasteiger partial charge in [-0.3, -0.25) is 4.79 Å². The van der Waals surface area contributed by atoms with Gasteiger partial charge in [-0.2, -0.15) is 0 Å². The van der Waals surface area contributed by atoms with E-state index in [0.717, 1.165) is 19.5 Å². The molecule has 0 bridgehead atoms. The Bertz CT molecular complexity index is 193. The molecule has 0 saturated heterocycles. The maximum atomic E-state index is 11.6. The fraction of sp³-hybridized carbons (Fsp3) is 0.917. The minimum atomic E-state index is 0. The highest BCUT2D eigenvalue weighted by Gasteiger charge is 2.18. The summed E-state index contributed by atoms with van der Waals surface area (Å²) in [6.45, 7) is 5.88. The van der Waals surface area contributed by atoms with Crippen LogP contribution in [-0.2, 0) is 4.79 Å². The SMILES string of the molecule is CCN[C@H](C)CNC(=O)CC1CCCC1.Cl. The second-order valence-corrected chi connectivity index (χ2v) is 4.62. The number of hydrogen-bond donors (Lipinski definition) is 2. The first-order chi connectivity index (χ1) is 7.22. The van der Waals surface area contributed by atoms with Crippen LogP contribution in [0.15, 0.2) is 0 Å². The minimum Gasteiger partial charge on any atom is -0.355 e. The standard InChI is InChI=1S/C12H24N2O.ClH/c1-3-13-10(2)9-14-12(15)8-11-6-4-5-7-11;/h10-11,13H,3-9H2,1-2H3,(H,14,15);1H/t10-;/m1./s1. The highest BCUT2D eigenvalue weighted by Crippen LogP contribution is 2.27. The lowest BCUT2D eigenvalue weighted by molar-refractivity contribution is -0.122. The van der Waals surface area contributed by atoms with E-state index in [-0.39, 0.29) is 18.3 Å². The zero-order valence-electron chi connectivity index (χ0n) is 10.4. The third-order valence-corrected chi connectivity index (χ3v) is 3.11. The fourth-order valence-electron chi connectivity index (χ4n) is 2.24. The molecule has 1 aliphatic carbocycles. The maximum absolute atomic E-state index is 11.6. The molecule has 2 N–H and O–H groups in total. The van der Waals surface area contributed by atoms with Gasteiger partial charge in [-0.05, 0) is 32.2 Å². The molecule has 0 unspecified atom stereocenters. The molecule has 0 spiro atoms. The van der Waals surface area contributed by atoms with Crippen molar-refractivity contribution in [1.82, 2.24) is 10.6 Å². The molecule has 0 aromatic heterocycles. The summed E-state index contributed by atoms with van der Waals surface area (Å²) in [4.78, 5) is 11.6. The fourth-order valence-corrected chi connectivity index (χ4v) is 2.24. The third kappa shape index (κ3) is 6.33. The summed E-state index contributed by atoms with van der Waals surface area (Å²) in [5.41, 5.74) is 0. The van der Waals surface area contributed by atoms with Crippen LogP contribution >= 0.6 is 12.4 Å². The Labute approximate surface area is 105 Å². The van der Waals surface area contributed by atoms with Gasteiger partial charge in [0.15, 0.2) is 0 Å². The average molecular weight is 249 g/mol. The molecule has 1 amide bonds. The summed E-state index contributed by atoms with van der Waals surface area (Å²) >= 11 is 0. The van der Waals surface area contributed by atoms with E-state index in [0.29, 0.717) is 12.0 Å². The van der Waals surface area contributed by atoms with Crippen LogP contribution in [0.2, 0.25) is 0 Å². The molecule has 3 nitrogen and oxygen atoms in total. The first kappa shape index (κ1) is 15.7. The lowest BCUT2D eigenvalue weighted by Crippen LogP contribution is -2.39. The first-order valence-corrected chi connectivity index (χ1v) is 6.22. The summed E-state index contributed by atoms with van der Waals surface area (Å²) in [5.74, 6) is 0.881. The van der Waals surface area contributed by atoms with Gasteiger partial charge >= 0.3 is 0 Å². The monoisotopic (exact) mass is 248 g/mol. The van der Waals surface area contributed by atoms with Gasteiger partial charge in [0.05, 0.1) is 0 Å². The number of hydrogen-bond acceptors (Lipinski definition) is 2. The normalized spacial score (nSPS) is 17.9. The van der Waals surface area contributed by atoms with Gasteiger partial charge < -0.3 is 10.6 Å². The van der Waals surface area contributed by atoms with Gasteiger partial charge in [-0.15, -0.1) is 12.4 Å². The maximum Gasteiger partial charge on any atom is 0.220 e. The second kappa shape index (κ2) is 8.82. The number of carbonyl (C=O) groups excluding carboxylic acids is 1. The Kier molecular flexibility index (Phi) is 8.67. The molecule has 4 heteroatoms. The van der Waals surface area contributed by atoms with E-state index < -0.39 is 0 Å². The Balaban J connectivity index is 0.00000225. The van der Waals surface area contributed by atoms with Crippen molar-refractivity contribution in [3.05, 3.63) is 0 Å². The van der Waals surface area contributed by atoms with Crippen LogP contribution in [0.4, 0.5) is 0 Å². The van der Waals surface area contributed by atoms with E-state index in [1.807, 2.05) is 0 Å². The van der Waals surface area contributed by atoms with E-state index >= 15 is 0 Å². The van der Waals surface area contributed by atoms with E-state index in [2.05, 4.69) is 24.5 Å². The Morgan fingerprint density at radius 2 is 2.00 bits per heavy atom. The Hall–Kier alpha value is -0.280. The van der Waals surface area contributed by atoms with E-state index in [9.17, 15) is 4.79 Å². The molecule has 1 atom stereocenters. The van der Waals surface area contributed by atoms with E-state index in [1.165, 1.54) is 25.7 Å². The number of amides is 1. The molecule has 16 heavy (non-hydrogen) atoms. The summed E-state index contributed by atoms with van der Waals surface area (Å²) in [6, 6.07) is 0.377. The smallest absolute Gasteiger partial charge is 0.220 e. The van der Waals surface area contributed by atoms with Crippen LogP contribution in [0.5, 0.6) is 0 Å². The molecule has 1 aliphatic rings. The Morgan fingerprint density at radius 1 is 1.38 bits per heavy atom. The summed E-state index contributed by atoms with van der Waals surface area (Å²) in [7, 11) is 0. The lowest BCUT2D eigenvalue weighted by Gasteiger charge is -2.14. The number of likely N-dealkylation sites (N-methyl/N-ethyl adjacent to an activating group) is 1. The zero-order chi connectivity index (χ0) is 11.1. The molecule has 0 heterocycles. The topological polar surface area (TPSA) is 41.1 Å². The molecule has 0 radical (unpaired) electrons. The van der Waals surface area contributed by atoms with Crippen LogP contribution in [0.3, 0.4) is 0 Å². The first-order valence-electron chi connectivity index (χ1n) is 6.22. The van der Waals surface area contributed by atoms with Gasteiger partial charge in [0.25, 0.3) is 0 Å². The van der Waals surface area contributed by atoms with Crippen molar-refractivity contribution in [1.29, 1.82) is 0 Å². The molecule has 1 fully saturated rings. The quantitative estimate of drug-likeness (QED) is 0.756. The second-order valence-electron chi connectivity index (χ2n) is 4.62. The number of rotatable bonds is 6. The molecular formula is C12H25ClN2O. The highest BCUT2D eigenvalue weighted by atomic mass is 35.5. The minimum absolute atomic E-state index is 0. The molecular weight excluding hydrogens is 224 g/mol. The van der Waals surface area contributed by atoms with Crippen molar-refractivity contribution in [2.45, 2.75) is 52.0 Å². The van der Waals surface area contributed by atoms with E-state index in [1.54, 1.807) is 0 Å². The van der Waals surface area contributed by atoms with Crippen molar-refractivity contribution in [2.75, 3.05) is 13.1 Å². The van der Waals surface area contributed by atoms with Crippen LogP contribution in [0.1, 0.15) is 46.0 Å². The summed E-state index contributed by atoms with van der Waals surface area (Å²) < 4.78 is 0. The van der Waals surface area contributed by atoms with Crippen LogP contribution < -0.4 is 10.6 Å². The average Bonchev–Trinajstić information content (AvgIpc) is 2.68. The number of nitrogens with one attached hydrogen (secondary N) is 2. The van der Waals surface area contributed by atoms with Crippen molar-refractivity contribution in [3.8, 4) is 0 Å². The Morgan fingerprint density at radius 3 is 2.56 bits per heavy atom. The van der Waals surface area contributed by atoms with Crippen LogP contribution in [0, 0.1) is 5.92 Å². The van der Waals surface area contributed by atoms with Gasteiger partial charge in [-0.1, -0.05) is 19.8 Å². The van der Waals surface area contributed by atoms with E-state index in [4.69, 9.17) is 0 Å². The number of halogens is 1. The van der Waals surface area contributed by atoms with Crippen molar-refractivity contribution in [2.24, 2.45) is 5.92 Å². The van der Waals surface area contributed by atoms with Gasteiger partial charge in [0.1, 0.15) is 0 Å². The molecule has 96 valence electrons. The predicted octanol–water partition coefficient (Wildman–Crippen LogP) is 2.10. The van der Waals surface area contributed by atoms with Crippen LogP contribution in [0.25, 0.3) is 0 Å². The third-order valence-electron chi connectivity index (χ3n) is 3.11. The lowest BCUT2D eigenvalue weighted by atomic mass is 10.0. The zero-order valence-corrected chi connectivity index (χ0v) is 11.2. The van der Waals surface area contributed by atoms with Crippen LogP contribution in [-0.4, -0.2) is 25.0 Å². The molecule has 1 saturated carbocycles. The molecule has 1 rings (SSSR count). The van der Waals surface area contributed by atoms with Crippen molar-refractivity contribution in [3.63, 3.8) is 0 Å². The highest BCUT2D eigenvalue weighted by molar-refractivity contribution is 5.85. The van der Waals surface area contributed by atoms with Gasteiger partial charge in [0.2, 0.25) is 5.91 Å². The van der Waals surface area contributed by atoms with Gasteiger partial charge in [-0.25, -0.2) is 0 Å². The molecule has 0 aromatic carbocycles. The van der Waals surface area contributed by atoms with Gasteiger partial charge in [0, 0.05) is 19.0 Å². The van der Waals surface area contributed by atoms with Crippen molar-refractivity contribution >= 4 is 18.3 Å². The molecule has 0 aliphatic heterocycles. The summed E-state index contributed by atoms with van der Waals surface area (Å²) in [6.07, 6.45) is 5.85. The molecule has 0 aromatic rings. The predicted molar refractivity (Wildman–Crippen MR) is 70.0 cm³/mol. The largest absolute Gasteiger partial charge is 0.355 e. The van der Waals surface area contributed by atoms with Crippen molar-refractivity contribution < 1.29 is 4.79 Å².